The van der Waals surface area contributed by atoms with Crippen LogP contribution in [-0.4, -0.2) is 31.3 Å². The Morgan fingerprint density at radius 2 is 2.12 bits per heavy atom. The van der Waals surface area contributed by atoms with Crippen molar-refractivity contribution < 1.29 is 14.3 Å². The second-order valence-corrected chi connectivity index (χ2v) is 4.68. The molecule has 1 fully saturated rings. The van der Waals surface area contributed by atoms with Gasteiger partial charge >= 0.3 is 5.97 Å². The summed E-state index contributed by atoms with van der Waals surface area (Å²) in [6.45, 7) is 3.10. The first-order valence-electron chi connectivity index (χ1n) is 6.75. The summed E-state index contributed by atoms with van der Waals surface area (Å²) in [5, 5.41) is 0. The van der Waals surface area contributed by atoms with Gasteiger partial charge < -0.3 is 15.2 Å². The number of carbonyl (C=O) groups excluding carboxylic acids is 1. The van der Waals surface area contributed by atoms with Crippen molar-refractivity contribution in [2.24, 2.45) is 5.73 Å². The predicted octanol–water partition coefficient (Wildman–Crippen LogP) is 2.01. The molecule has 2 atom stereocenters. The van der Waals surface area contributed by atoms with Crippen molar-refractivity contribution in [2.75, 3.05) is 13.2 Å². The summed E-state index contributed by atoms with van der Waals surface area (Å²) in [6.07, 6.45) is 7.03. The first-order chi connectivity index (χ1) is 8.22. The maximum Gasteiger partial charge on any atom is 0.305 e. The number of rotatable bonds is 8. The molecular weight excluding hydrogens is 218 g/mol. The lowest BCUT2D eigenvalue weighted by Crippen LogP contribution is -2.17. The maximum atomic E-state index is 11.1. The highest BCUT2D eigenvalue weighted by atomic mass is 16.5. The van der Waals surface area contributed by atoms with E-state index in [1.54, 1.807) is 0 Å². The van der Waals surface area contributed by atoms with Crippen LogP contribution in [0.4, 0.5) is 0 Å². The van der Waals surface area contributed by atoms with Gasteiger partial charge in [-0.25, -0.2) is 0 Å². The van der Waals surface area contributed by atoms with Crippen LogP contribution in [0.25, 0.3) is 0 Å². The van der Waals surface area contributed by atoms with E-state index in [9.17, 15) is 4.79 Å². The van der Waals surface area contributed by atoms with Crippen molar-refractivity contribution in [3.8, 4) is 0 Å². The molecule has 17 heavy (non-hydrogen) atoms. The van der Waals surface area contributed by atoms with Crippen LogP contribution in [0.3, 0.4) is 0 Å². The van der Waals surface area contributed by atoms with Gasteiger partial charge in [-0.05, 0) is 39.0 Å². The Balaban J connectivity index is 1.86. The molecule has 2 unspecified atom stereocenters. The van der Waals surface area contributed by atoms with Crippen LogP contribution in [0.1, 0.15) is 51.9 Å². The molecule has 0 aliphatic heterocycles. The summed E-state index contributed by atoms with van der Waals surface area (Å²) in [7, 11) is 0. The molecule has 0 aromatic rings. The molecule has 0 radical (unpaired) electrons. The van der Waals surface area contributed by atoms with Crippen LogP contribution in [0.15, 0.2) is 0 Å². The lowest BCUT2D eigenvalue weighted by Gasteiger charge is -2.11. The SMILES string of the molecule is CCOC(=O)CCCCCOC1CCC(N)C1. The van der Waals surface area contributed by atoms with Gasteiger partial charge in [-0.15, -0.1) is 0 Å². The summed E-state index contributed by atoms with van der Waals surface area (Å²) < 4.78 is 10.6. The van der Waals surface area contributed by atoms with Crippen LogP contribution < -0.4 is 5.73 Å². The van der Waals surface area contributed by atoms with Crippen LogP contribution in [0.5, 0.6) is 0 Å². The molecule has 0 saturated heterocycles. The minimum atomic E-state index is -0.0878. The third kappa shape index (κ3) is 6.64. The predicted molar refractivity (Wildman–Crippen MR) is 66.7 cm³/mol. The Labute approximate surface area is 104 Å². The molecule has 1 rings (SSSR count). The fourth-order valence-electron chi connectivity index (χ4n) is 2.16. The summed E-state index contributed by atoms with van der Waals surface area (Å²) >= 11 is 0. The van der Waals surface area contributed by atoms with Gasteiger partial charge in [-0.3, -0.25) is 4.79 Å². The van der Waals surface area contributed by atoms with Gasteiger partial charge in [-0.2, -0.15) is 0 Å². The van der Waals surface area contributed by atoms with Crippen LogP contribution >= 0.6 is 0 Å². The van der Waals surface area contributed by atoms with E-state index in [0.717, 1.165) is 45.1 Å². The molecule has 4 heteroatoms. The number of hydrogen-bond donors (Lipinski definition) is 1. The molecule has 0 aromatic heterocycles. The molecule has 0 spiro atoms. The number of esters is 1. The number of hydrogen-bond acceptors (Lipinski definition) is 4. The average molecular weight is 243 g/mol. The lowest BCUT2D eigenvalue weighted by atomic mass is 10.2. The molecule has 0 heterocycles. The Hall–Kier alpha value is -0.610. The van der Waals surface area contributed by atoms with Gasteiger partial charge in [0.05, 0.1) is 12.7 Å². The van der Waals surface area contributed by atoms with Gasteiger partial charge in [0.1, 0.15) is 0 Å². The highest BCUT2D eigenvalue weighted by Crippen LogP contribution is 2.20. The Kier molecular flexibility index (Phi) is 7.21. The van der Waals surface area contributed by atoms with Crippen molar-refractivity contribution in [1.29, 1.82) is 0 Å². The topological polar surface area (TPSA) is 61.5 Å². The monoisotopic (exact) mass is 243 g/mol. The number of unbranched alkanes of at least 4 members (excludes halogenated alkanes) is 2. The Morgan fingerprint density at radius 3 is 2.76 bits per heavy atom. The zero-order chi connectivity index (χ0) is 12.5. The van der Waals surface area contributed by atoms with Crippen molar-refractivity contribution in [3.63, 3.8) is 0 Å². The molecule has 1 saturated carbocycles. The molecule has 4 nitrogen and oxygen atoms in total. The lowest BCUT2D eigenvalue weighted by molar-refractivity contribution is -0.143. The molecular formula is C13H25NO3. The summed E-state index contributed by atoms with van der Waals surface area (Å²) in [5.74, 6) is -0.0878. The van der Waals surface area contributed by atoms with E-state index in [0.29, 0.717) is 25.2 Å². The van der Waals surface area contributed by atoms with Gasteiger partial charge in [0.15, 0.2) is 0 Å². The normalized spacial score (nSPS) is 23.9. The number of carbonyl (C=O) groups is 1. The smallest absolute Gasteiger partial charge is 0.305 e. The van der Waals surface area contributed by atoms with Crippen molar-refractivity contribution >= 4 is 5.97 Å². The molecule has 100 valence electrons. The van der Waals surface area contributed by atoms with E-state index in [4.69, 9.17) is 15.2 Å². The number of nitrogens with two attached hydrogens (primary N) is 1. The minimum absolute atomic E-state index is 0.0878. The molecule has 0 bridgehead atoms. The maximum absolute atomic E-state index is 11.1. The second kappa shape index (κ2) is 8.48. The van der Waals surface area contributed by atoms with Gasteiger partial charge in [0, 0.05) is 19.1 Å². The molecule has 1 aliphatic rings. The van der Waals surface area contributed by atoms with Crippen LogP contribution in [0, 0.1) is 0 Å². The van der Waals surface area contributed by atoms with E-state index in [2.05, 4.69) is 0 Å². The van der Waals surface area contributed by atoms with Gasteiger partial charge in [0.2, 0.25) is 0 Å². The zero-order valence-corrected chi connectivity index (χ0v) is 10.8. The standard InChI is InChI=1S/C13H25NO3/c1-2-16-13(15)6-4-3-5-9-17-12-8-7-11(14)10-12/h11-12H,2-10,14H2,1H3. The van der Waals surface area contributed by atoms with Crippen LogP contribution in [0.2, 0.25) is 0 Å². The van der Waals surface area contributed by atoms with Crippen molar-refractivity contribution in [3.05, 3.63) is 0 Å². The molecule has 0 aromatic carbocycles. The highest BCUT2D eigenvalue weighted by Gasteiger charge is 2.21. The quantitative estimate of drug-likeness (QED) is 0.523. The summed E-state index contributed by atoms with van der Waals surface area (Å²) in [6, 6.07) is 0.337. The van der Waals surface area contributed by atoms with E-state index < -0.39 is 0 Å². The third-order valence-corrected chi connectivity index (χ3v) is 3.11. The number of ether oxygens (including phenoxy) is 2. The fraction of sp³-hybridized carbons (Fsp3) is 0.923. The van der Waals surface area contributed by atoms with E-state index in [-0.39, 0.29) is 5.97 Å². The van der Waals surface area contributed by atoms with E-state index in [1.165, 1.54) is 0 Å². The van der Waals surface area contributed by atoms with E-state index >= 15 is 0 Å². The third-order valence-electron chi connectivity index (χ3n) is 3.11. The average Bonchev–Trinajstić information content (AvgIpc) is 2.70. The fourth-order valence-corrected chi connectivity index (χ4v) is 2.16. The highest BCUT2D eigenvalue weighted by molar-refractivity contribution is 5.69. The minimum Gasteiger partial charge on any atom is -0.466 e. The Morgan fingerprint density at radius 1 is 1.29 bits per heavy atom. The summed E-state index contributed by atoms with van der Waals surface area (Å²) in [4.78, 5) is 11.1. The van der Waals surface area contributed by atoms with Crippen molar-refractivity contribution in [1.82, 2.24) is 0 Å². The summed E-state index contributed by atoms with van der Waals surface area (Å²) in [5.41, 5.74) is 5.81. The first kappa shape index (κ1) is 14.5. The molecule has 2 N–H and O–H groups in total. The van der Waals surface area contributed by atoms with Gasteiger partial charge in [-0.1, -0.05) is 6.42 Å². The first-order valence-corrected chi connectivity index (χ1v) is 6.75. The Bertz CT molecular complexity index is 221. The van der Waals surface area contributed by atoms with Crippen LogP contribution in [-0.2, 0) is 14.3 Å². The second-order valence-electron chi connectivity index (χ2n) is 4.68. The molecule has 1 aliphatic carbocycles. The molecule has 0 amide bonds. The van der Waals surface area contributed by atoms with E-state index in [1.807, 2.05) is 6.92 Å². The zero-order valence-electron chi connectivity index (χ0n) is 10.8. The van der Waals surface area contributed by atoms with Crippen molar-refractivity contribution in [2.45, 2.75) is 64.0 Å². The van der Waals surface area contributed by atoms with Gasteiger partial charge in [0.25, 0.3) is 0 Å². The largest absolute Gasteiger partial charge is 0.466 e.